The van der Waals surface area contributed by atoms with Crippen LogP contribution in [-0.4, -0.2) is 83.0 Å². The molecule has 0 amide bonds. The van der Waals surface area contributed by atoms with E-state index in [-0.39, 0.29) is 60.6 Å². The van der Waals surface area contributed by atoms with Gasteiger partial charge < -0.3 is 20.5 Å². The van der Waals surface area contributed by atoms with E-state index in [1.807, 2.05) is 0 Å². The van der Waals surface area contributed by atoms with Crippen molar-refractivity contribution in [1.82, 2.24) is 0 Å². The second kappa shape index (κ2) is 15.6. The second-order valence-corrected chi connectivity index (χ2v) is 0.346. The van der Waals surface area contributed by atoms with E-state index in [4.69, 9.17) is 15.1 Å². The van der Waals surface area contributed by atoms with Gasteiger partial charge in [0.2, 0.25) is 0 Å². The Balaban J connectivity index is -0.0000000150. The van der Waals surface area contributed by atoms with Crippen molar-refractivity contribution in [1.29, 1.82) is 0 Å². The molecule has 0 rings (SSSR count). The summed E-state index contributed by atoms with van der Waals surface area (Å²) in [6, 6.07) is 0. The number of hydrogen-bond acceptors (Lipinski definition) is 3. The van der Waals surface area contributed by atoms with Crippen LogP contribution < -0.4 is 0 Å². The zero-order valence-electron chi connectivity index (χ0n) is 2.42. The molecule has 0 aliphatic carbocycles. The standard InChI is InChI=1S/Al.BH3O3.Ca.H2O.5H/c;2-1(3)4;;;;;;;/h;2-4H;;1H2;;;;;. The number of hydrogen-bond donors (Lipinski definition) is 3. The van der Waals surface area contributed by atoms with Gasteiger partial charge in [-0.05, 0) is 0 Å². The Morgan fingerprint density at radius 1 is 1.00 bits per heavy atom. The van der Waals surface area contributed by atoms with Crippen molar-refractivity contribution in [3.63, 3.8) is 0 Å². The van der Waals surface area contributed by atoms with Crippen LogP contribution in [0.3, 0.4) is 0 Å². The van der Waals surface area contributed by atoms with E-state index in [0.717, 1.165) is 0 Å². The predicted molar refractivity (Wildman–Crippen MR) is 34.5 cm³/mol. The van der Waals surface area contributed by atoms with Crippen LogP contribution in [0.25, 0.3) is 0 Å². The summed E-state index contributed by atoms with van der Waals surface area (Å²) in [7, 11) is -2.17. The van der Waals surface area contributed by atoms with Crippen LogP contribution in [0.1, 0.15) is 0 Å². The van der Waals surface area contributed by atoms with Gasteiger partial charge in [0.25, 0.3) is 0 Å². The van der Waals surface area contributed by atoms with Crippen LogP contribution in [0.2, 0.25) is 0 Å². The molecule has 0 bridgehead atoms. The normalized spacial score (nSPS) is 3.86. The van der Waals surface area contributed by atoms with Crippen LogP contribution in [0.15, 0.2) is 0 Å². The topological polar surface area (TPSA) is 92.2 Å². The fraction of sp³-hybridized carbons (Fsp3) is 0. The average molecular weight is 152 g/mol. The molecule has 0 unspecified atom stereocenters. The van der Waals surface area contributed by atoms with Gasteiger partial charge in [0.05, 0.1) is 0 Å². The molecular weight excluding hydrogens is 142 g/mol. The summed E-state index contributed by atoms with van der Waals surface area (Å²) in [5.74, 6) is 0. The summed E-state index contributed by atoms with van der Waals surface area (Å²) in [6.45, 7) is 0. The molecule has 0 spiro atoms. The fourth-order valence-electron chi connectivity index (χ4n) is 0. The van der Waals surface area contributed by atoms with Gasteiger partial charge in [-0.1, -0.05) is 0 Å². The van der Waals surface area contributed by atoms with Crippen molar-refractivity contribution >= 4 is 62.4 Å². The molecule has 0 heterocycles. The third-order valence-electron chi connectivity index (χ3n) is 0. The van der Waals surface area contributed by atoms with Gasteiger partial charge in [-0.15, -0.1) is 0 Å². The maximum absolute atomic E-state index is 7.17. The maximum atomic E-state index is 7.17. The van der Waals surface area contributed by atoms with Gasteiger partial charge in [-0.3, -0.25) is 0 Å². The Bertz CT molecular complexity index is 16.4. The third-order valence-corrected chi connectivity index (χ3v) is 0. The molecule has 0 fully saturated rings. The zero-order valence-corrected chi connectivity index (χ0v) is 2.42. The molecule has 0 aliphatic heterocycles. The first kappa shape index (κ1) is 23.4. The summed E-state index contributed by atoms with van der Waals surface area (Å²) < 4.78 is 0. The van der Waals surface area contributed by atoms with Crippen LogP contribution >= 0.6 is 0 Å². The van der Waals surface area contributed by atoms with Gasteiger partial charge in [-0.2, -0.15) is 0 Å². The molecule has 0 saturated carbocycles. The monoisotopic (exact) mass is 152 g/mol. The van der Waals surface area contributed by atoms with Gasteiger partial charge in [0.1, 0.15) is 0 Å². The summed E-state index contributed by atoms with van der Waals surface area (Å²) >= 11 is 0. The second-order valence-electron chi connectivity index (χ2n) is 0.346. The average Bonchev–Trinajstić information content (AvgIpc) is 0.811. The Morgan fingerprint density at radius 2 is 1.00 bits per heavy atom. The minimum absolute atomic E-state index is 0. The third kappa shape index (κ3) is 86.7. The van der Waals surface area contributed by atoms with Crippen LogP contribution in [0.5, 0.6) is 0 Å². The molecule has 42 valence electrons. The molecule has 0 aromatic carbocycles. The van der Waals surface area contributed by atoms with Gasteiger partial charge in [0.15, 0.2) is 17.4 Å². The van der Waals surface area contributed by atoms with Crippen molar-refractivity contribution < 1.29 is 20.5 Å². The first-order valence-electron chi connectivity index (χ1n) is 0.775. The SMILES string of the molecule is O.OB(O)O.[AlH3].[CaH2]. The Morgan fingerprint density at radius 3 is 1.00 bits per heavy atom. The van der Waals surface area contributed by atoms with Crippen molar-refractivity contribution in [2.45, 2.75) is 0 Å². The van der Waals surface area contributed by atoms with E-state index in [1.165, 1.54) is 0 Å². The Kier molecular flexibility index (Phi) is 52.2. The molecule has 0 aromatic rings. The van der Waals surface area contributed by atoms with E-state index < -0.39 is 7.32 Å². The van der Waals surface area contributed by atoms with Crippen molar-refractivity contribution in [3.05, 3.63) is 0 Å². The molecule has 5 N–H and O–H groups in total. The quantitative estimate of drug-likeness (QED) is 0.303. The van der Waals surface area contributed by atoms with Crippen LogP contribution in [0, 0.1) is 0 Å². The zero-order chi connectivity index (χ0) is 3.58. The van der Waals surface area contributed by atoms with Crippen molar-refractivity contribution in [2.24, 2.45) is 0 Å². The van der Waals surface area contributed by atoms with E-state index in [1.54, 1.807) is 0 Å². The van der Waals surface area contributed by atoms with E-state index in [0.29, 0.717) is 0 Å². The Hall–Kier alpha value is 1.70. The molecule has 0 saturated heterocycles. The molecule has 0 aromatic heterocycles. The number of rotatable bonds is 0. The Labute approximate surface area is 82.2 Å². The van der Waals surface area contributed by atoms with Crippen LogP contribution in [0.4, 0.5) is 0 Å². The fourth-order valence-corrected chi connectivity index (χ4v) is 0. The van der Waals surface area contributed by atoms with Gasteiger partial charge >= 0.3 is 45.1 Å². The summed E-state index contributed by atoms with van der Waals surface area (Å²) in [6.07, 6.45) is 0. The van der Waals surface area contributed by atoms with Gasteiger partial charge in [-0.25, -0.2) is 0 Å². The molecule has 7 heteroatoms. The van der Waals surface area contributed by atoms with Gasteiger partial charge in [0, 0.05) is 0 Å². The molecule has 4 nitrogen and oxygen atoms in total. The summed E-state index contributed by atoms with van der Waals surface area (Å²) in [5.41, 5.74) is 0. The molecule has 7 heavy (non-hydrogen) atoms. The molecular formula is H10AlBCaO4. The first-order valence-corrected chi connectivity index (χ1v) is 0.775. The molecule has 0 aliphatic rings. The molecule has 0 radical (unpaired) electrons. The minimum atomic E-state index is -2.17. The predicted octanol–water partition coefficient (Wildman–Crippen LogP) is -4.98. The molecule has 0 atom stereocenters. The van der Waals surface area contributed by atoms with E-state index in [2.05, 4.69) is 0 Å². The summed E-state index contributed by atoms with van der Waals surface area (Å²) in [5, 5.41) is 21.5. The summed E-state index contributed by atoms with van der Waals surface area (Å²) in [4.78, 5) is 0. The van der Waals surface area contributed by atoms with E-state index in [9.17, 15) is 0 Å². The van der Waals surface area contributed by atoms with E-state index >= 15 is 0 Å². The van der Waals surface area contributed by atoms with Crippen molar-refractivity contribution in [3.8, 4) is 0 Å². The van der Waals surface area contributed by atoms with Crippen LogP contribution in [-0.2, 0) is 0 Å². The first-order chi connectivity index (χ1) is 1.73. The van der Waals surface area contributed by atoms with Crippen molar-refractivity contribution in [2.75, 3.05) is 0 Å².